The average Bonchev–Trinajstić information content (AvgIpc) is 3.10. The van der Waals surface area contributed by atoms with E-state index in [9.17, 15) is 8.42 Å². The largest absolute Gasteiger partial charge is 0.369 e. The summed E-state index contributed by atoms with van der Waals surface area (Å²) < 4.78 is 32.9. The number of rotatable bonds is 4. The minimum Gasteiger partial charge on any atom is -0.369 e. The fourth-order valence-electron chi connectivity index (χ4n) is 2.46. The van der Waals surface area contributed by atoms with E-state index in [-0.39, 0.29) is 6.54 Å². The first kappa shape index (κ1) is 16.3. The summed E-state index contributed by atoms with van der Waals surface area (Å²) in [7, 11) is 0.260. The van der Waals surface area contributed by atoms with Crippen LogP contribution in [0.1, 0.15) is 11.8 Å². The van der Waals surface area contributed by atoms with Crippen LogP contribution in [0.5, 0.6) is 0 Å². The highest BCUT2D eigenvalue weighted by molar-refractivity contribution is 7.91. The van der Waals surface area contributed by atoms with Gasteiger partial charge in [0.2, 0.25) is 0 Å². The highest BCUT2D eigenvalue weighted by atomic mass is 32.2. The molecule has 2 aromatic heterocycles. The molecule has 3 heterocycles. The lowest BCUT2D eigenvalue weighted by Gasteiger charge is -2.32. The van der Waals surface area contributed by atoms with E-state index >= 15 is 0 Å². The van der Waals surface area contributed by atoms with E-state index in [1.54, 1.807) is 29.9 Å². The van der Waals surface area contributed by atoms with Gasteiger partial charge in [-0.1, -0.05) is 6.07 Å². The molecule has 0 unspecified atom stereocenters. The summed E-state index contributed by atoms with van der Waals surface area (Å²) in [5.74, 6) is 0.688. The topological polar surface area (TPSA) is 75.6 Å². The average molecular weight is 354 g/mol. The third-order valence-corrected chi connectivity index (χ3v) is 6.79. The number of aromatic nitrogens is 2. The third-order valence-electron chi connectivity index (χ3n) is 3.55. The number of sulfonamides is 1. The minimum atomic E-state index is -3.48. The lowest BCUT2D eigenvalue weighted by atomic mass is 10.2. The number of nitrogens with zero attached hydrogens (tertiary/aromatic N) is 4. The molecule has 0 aromatic carbocycles. The molecule has 0 bridgehead atoms. The molecule has 0 radical (unpaired) electrons. The van der Waals surface area contributed by atoms with Crippen molar-refractivity contribution in [1.82, 2.24) is 14.3 Å². The molecule has 1 saturated heterocycles. The molecule has 1 aliphatic heterocycles. The molecule has 0 spiro atoms. The highest BCUT2D eigenvalue weighted by Crippen LogP contribution is 2.30. The Balaban J connectivity index is 1.88. The number of hydrogen-bond acceptors (Lipinski definition) is 7. The SMILES string of the molecule is CN(C)c1nccnc1[C@@H]1CN(S(=O)(=O)c2cccs2)CCO1. The van der Waals surface area contributed by atoms with Crippen LogP contribution in [-0.4, -0.2) is 56.5 Å². The Morgan fingerprint density at radius 1 is 1.35 bits per heavy atom. The quantitative estimate of drug-likeness (QED) is 0.825. The van der Waals surface area contributed by atoms with Crippen molar-refractivity contribution >= 4 is 27.2 Å². The Kier molecular flexibility index (Phi) is 4.62. The van der Waals surface area contributed by atoms with Gasteiger partial charge < -0.3 is 9.64 Å². The van der Waals surface area contributed by atoms with Gasteiger partial charge in [-0.3, -0.25) is 4.98 Å². The third kappa shape index (κ3) is 3.23. The van der Waals surface area contributed by atoms with E-state index in [4.69, 9.17) is 4.74 Å². The Morgan fingerprint density at radius 3 is 2.83 bits per heavy atom. The second-order valence-corrected chi connectivity index (χ2v) is 8.43. The number of anilines is 1. The number of ether oxygens (including phenoxy) is 1. The van der Waals surface area contributed by atoms with Gasteiger partial charge in [-0.25, -0.2) is 13.4 Å². The molecule has 7 nitrogen and oxygen atoms in total. The fraction of sp³-hybridized carbons (Fsp3) is 0.429. The van der Waals surface area contributed by atoms with Crippen molar-refractivity contribution in [3.8, 4) is 0 Å². The Labute approximate surface area is 139 Å². The van der Waals surface area contributed by atoms with Crippen LogP contribution in [0.4, 0.5) is 5.82 Å². The van der Waals surface area contributed by atoms with Crippen LogP contribution >= 0.6 is 11.3 Å². The summed E-state index contributed by atoms with van der Waals surface area (Å²) in [5.41, 5.74) is 0.656. The molecule has 0 amide bonds. The Morgan fingerprint density at radius 2 is 2.13 bits per heavy atom. The lowest BCUT2D eigenvalue weighted by molar-refractivity contribution is -0.00475. The molecule has 124 valence electrons. The standard InChI is InChI=1S/C14H18N4O3S2/c1-17(2)14-13(15-5-6-16-14)11-10-18(7-8-21-11)23(19,20)12-4-3-9-22-12/h3-6,9,11H,7-8,10H2,1-2H3/t11-/m0/s1. The molecule has 2 aromatic rings. The van der Waals surface area contributed by atoms with Crippen molar-refractivity contribution in [2.75, 3.05) is 38.7 Å². The molecule has 0 N–H and O–H groups in total. The maximum absolute atomic E-state index is 12.7. The first-order chi connectivity index (χ1) is 11.0. The van der Waals surface area contributed by atoms with Crippen LogP contribution in [0.2, 0.25) is 0 Å². The van der Waals surface area contributed by atoms with Gasteiger partial charge in [0.15, 0.2) is 5.82 Å². The van der Waals surface area contributed by atoms with E-state index in [0.717, 1.165) is 0 Å². The smallest absolute Gasteiger partial charge is 0.252 e. The molecule has 1 fully saturated rings. The van der Waals surface area contributed by atoms with Crippen LogP contribution in [-0.2, 0) is 14.8 Å². The van der Waals surface area contributed by atoms with Gasteiger partial charge >= 0.3 is 0 Å². The van der Waals surface area contributed by atoms with E-state index in [0.29, 0.717) is 28.9 Å². The molecular weight excluding hydrogens is 336 g/mol. The van der Waals surface area contributed by atoms with E-state index in [1.807, 2.05) is 19.0 Å². The summed E-state index contributed by atoms with van der Waals surface area (Å²) in [4.78, 5) is 10.5. The van der Waals surface area contributed by atoms with Crippen molar-refractivity contribution < 1.29 is 13.2 Å². The zero-order chi connectivity index (χ0) is 16.4. The predicted molar refractivity (Wildman–Crippen MR) is 88.1 cm³/mol. The molecule has 23 heavy (non-hydrogen) atoms. The normalized spacial score (nSPS) is 19.7. The van der Waals surface area contributed by atoms with Crippen LogP contribution < -0.4 is 4.90 Å². The second-order valence-electron chi connectivity index (χ2n) is 5.31. The lowest BCUT2D eigenvalue weighted by Crippen LogP contribution is -2.42. The maximum Gasteiger partial charge on any atom is 0.252 e. The second kappa shape index (κ2) is 6.52. The number of thiophene rings is 1. The molecule has 9 heteroatoms. The number of hydrogen-bond donors (Lipinski definition) is 0. The molecule has 3 rings (SSSR count). The highest BCUT2D eigenvalue weighted by Gasteiger charge is 2.34. The van der Waals surface area contributed by atoms with E-state index < -0.39 is 16.1 Å². The van der Waals surface area contributed by atoms with Gasteiger partial charge in [-0.2, -0.15) is 4.31 Å². The maximum atomic E-state index is 12.7. The van der Waals surface area contributed by atoms with Gasteiger partial charge in [-0.15, -0.1) is 11.3 Å². The first-order valence-electron chi connectivity index (χ1n) is 7.13. The predicted octanol–water partition coefficient (Wildman–Crippen LogP) is 1.37. The van der Waals surface area contributed by atoms with Gasteiger partial charge in [-0.05, 0) is 11.4 Å². The Hall–Kier alpha value is -1.55. The van der Waals surface area contributed by atoms with Gasteiger partial charge in [0, 0.05) is 39.6 Å². The zero-order valence-electron chi connectivity index (χ0n) is 12.9. The van der Waals surface area contributed by atoms with Crippen LogP contribution in [0.15, 0.2) is 34.1 Å². The van der Waals surface area contributed by atoms with Crippen LogP contribution in [0, 0.1) is 0 Å². The summed E-state index contributed by atoms with van der Waals surface area (Å²) in [5, 5.41) is 1.76. The van der Waals surface area contributed by atoms with Crippen LogP contribution in [0.25, 0.3) is 0 Å². The van der Waals surface area contributed by atoms with Crippen molar-refractivity contribution in [2.24, 2.45) is 0 Å². The molecule has 1 atom stereocenters. The molecule has 0 saturated carbocycles. The summed E-state index contributed by atoms with van der Waals surface area (Å²) in [6.45, 7) is 0.909. The van der Waals surface area contributed by atoms with Crippen LogP contribution in [0.3, 0.4) is 0 Å². The summed E-state index contributed by atoms with van der Waals surface area (Å²) >= 11 is 1.22. The first-order valence-corrected chi connectivity index (χ1v) is 9.45. The summed E-state index contributed by atoms with van der Waals surface area (Å²) in [6.07, 6.45) is 2.78. The number of morpholine rings is 1. The minimum absolute atomic E-state index is 0.236. The van der Waals surface area contributed by atoms with Crippen molar-refractivity contribution in [2.45, 2.75) is 10.3 Å². The molecule has 1 aliphatic rings. The van der Waals surface area contributed by atoms with E-state index in [2.05, 4.69) is 9.97 Å². The Bertz CT molecular complexity index is 762. The van der Waals surface area contributed by atoms with E-state index in [1.165, 1.54) is 15.6 Å². The molecular formula is C14H18N4O3S2. The van der Waals surface area contributed by atoms with Gasteiger partial charge in [0.05, 0.1) is 6.61 Å². The van der Waals surface area contributed by atoms with Crippen molar-refractivity contribution in [1.29, 1.82) is 0 Å². The monoisotopic (exact) mass is 354 g/mol. The zero-order valence-corrected chi connectivity index (χ0v) is 14.5. The van der Waals surface area contributed by atoms with Crippen molar-refractivity contribution in [3.05, 3.63) is 35.6 Å². The van der Waals surface area contributed by atoms with Gasteiger partial charge in [0.1, 0.15) is 16.0 Å². The molecule has 0 aliphatic carbocycles. The fourth-order valence-corrected chi connectivity index (χ4v) is 5.03. The summed E-state index contributed by atoms with van der Waals surface area (Å²) in [6, 6.07) is 3.36. The van der Waals surface area contributed by atoms with Gasteiger partial charge in [0.25, 0.3) is 10.0 Å². The van der Waals surface area contributed by atoms with Crippen molar-refractivity contribution in [3.63, 3.8) is 0 Å².